The molecule has 1 unspecified atom stereocenters. The third-order valence-electron chi connectivity index (χ3n) is 3.10. The summed E-state index contributed by atoms with van der Waals surface area (Å²) < 4.78 is 0. The molecule has 3 heteroatoms. The fourth-order valence-corrected chi connectivity index (χ4v) is 2.61. The molecule has 0 radical (unpaired) electrons. The number of aromatic nitrogens is 1. The summed E-state index contributed by atoms with van der Waals surface area (Å²) in [5.74, 6) is 0. The van der Waals surface area contributed by atoms with Crippen LogP contribution in [0.25, 0.3) is 10.9 Å². The molecular formula is C14H20N2O. The van der Waals surface area contributed by atoms with Crippen LogP contribution < -0.4 is 0 Å². The van der Waals surface area contributed by atoms with E-state index in [1.165, 1.54) is 5.39 Å². The molecule has 17 heavy (non-hydrogen) atoms. The molecule has 0 aliphatic carbocycles. The van der Waals surface area contributed by atoms with Crippen molar-refractivity contribution in [3.8, 4) is 0 Å². The van der Waals surface area contributed by atoms with Gasteiger partial charge >= 0.3 is 0 Å². The number of H-pyrrole nitrogens is 1. The lowest BCUT2D eigenvalue weighted by atomic mass is 9.91. The van der Waals surface area contributed by atoms with Gasteiger partial charge in [-0.25, -0.2) is 0 Å². The van der Waals surface area contributed by atoms with Crippen molar-refractivity contribution in [3.63, 3.8) is 0 Å². The highest BCUT2D eigenvalue weighted by atomic mass is 16.3. The first-order chi connectivity index (χ1) is 7.91. The van der Waals surface area contributed by atoms with E-state index in [0.29, 0.717) is 0 Å². The van der Waals surface area contributed by atoms with Crippen molar-refractivity contribution < 1.29 is 5.11 Å². The number of aromatic amines is 1. The molecule has 0 aliphatic heterocycles. The zero-order chi connectivity index (χ0) is 12.6. The molecule has 0 amide bonds. The number of likely N-dealkylation sites (N-methyl/N-ethyl adjacent to an activating group) is 1. The van der Waals surface area contributed by atoms with E-state index in [1.54, 1.807) is 0 Å². The molecule has 2 N–H and O–H groups in total. The van der Waals surface area contributed by atoms with E-state index in [9.17, 15) is 5.11 Å². The molecule has 2 aromatic rings. The predicted molar refractivity (Wildman–Crippen MR) is 71.0 cm³/mol. The summed E-state index contributed by atoms with van der Waals surface area (Å²) in [6.45, 7) is 3.69. The Balaban J connectivity index is 2.57. The Hall–Kier alpha value is -1.32. The fourth-order valence-electron chi connectivity index (χ4n) is 2.61. The van der Waals surface area contributed by atoms with Gasteiger partial charge < -0.3 is 10.1 Å². The van der Waals surface area contributed by atoms with E-state index < -0.39 is 5.60 Å². The maximum atomic E-state index is 10.3. The van der Waals surface area contributed by atoms with Crippen molar-refractivity contribution in [1.82, 2.24) is 9.88 Å². The van der Waals surface area contributed by atoms with E-state index in [0.717, 1.165) is 11.1 Å². The minimum Gasteiger partial charge on any atom is -0.388 e. The van der Waals surface area contributed by atoms with E-state index in [4.69, 9.17) is 0 Å². The summed E-state index contributed by atoms with van der Waals surface area (Å²) in [4.78, 5) is 5.31. The smallest absolute Gasteiger partial charge is 0.0788 e. The van der Waals surface area contributed by atoms with Gasteiger partial charge in [0.25, 0.3) is 0 Å². The van der Waals surface area contributed by atoms with Gasteiger partial charge in [0.05, 0.1) is 11.6 Å². The van der Waals surface area contributed by atoms with Crippen molar-refractivity contribution in [3.05, 3.63) is 36.0 Å². The Morgan fingerprint density at radius 3 is 2.47 bits per heavy atom. The van der Waals surface area contributed by atoms with E-state index in [2.05, 4.69) is 22.0 Å². The summed E-state index contributed by atoms with van der Waals surface area (Å²) in [7, 11) is 3.98. The van der Waals surface area contributed by atoms with Gasteiger partial charge in [-0.05, 0) is 39.6 Å². The topological polar surface area (TPSA) is 39.3 Å². The normalized spacial score (nSPS) is 14.5. The lowest BCUT2D eigenvalue weighted by Gasteiger charge is -2.34. The second kappa shape index (κ2) is 4.17. The van der Waals surface area contributed by atoms with Crippen LogP contribution in [0.2, 0.25) is 0 Å². The first kappa shape index (κ1) is 12.1. The maximum absolute atomic E-state index is 10.3. The van der Waals surface area contributed by atoms with E-state index >= 15 is 0 Å². The van der Waals surface area contributed by atoms with Crippen molar-refractivity contribution in [2.45, 2.75) is 25.5 Å². The first-order valence-corrected chi connectivity index (χ1v) is 5.86. The summed E-state index contributed by atoms with van der Waals surface area (Å²) in [5, 5.41) is 11.5. The first-order valence-electron chi connectivity index (χ1n) is 5.86. The van der Waals surface area contributed by atoms with Gasteiger partial charge in [-0.15, -0.1) is 0 Å². The van der Waals surface area contributed by atoms with Crippen LogP contribution in [0.1, 0.15) is 25.5 Å². The highest BCUT2D eigenvalue weighted by Crippen LogP contribution is 2.34. The summed E-state index contributed by atoms with van der Waals surface area (Å²) in [5.41, 5.74) is 1.46. The molecule has 2 rings (SSSR count). The molecule has 0 aliphatic rings. The molecule has 1 heterocycles. The number of para-hydroxylation sites is 1. The van der Waals surface area contributed by atoms with E-state index in [-0.39, 0.29) is 6.04 Å². The zero-order valence-corrected chi connectivity index (χ0v) is 10.9. The number of hydrogen-bond donors (Lipinski definition) is 2. The molecule has 3 nitrogen and oxygen atoms in total. The van der Waals surface area contributed by atoms with Gasteiger partial charge in [-0.2, -0.15) is 0 Å². The number of rotatable bonds is 3. The molecule has 1 aromatic heterocycles. The highest BCUT2D eigenvalue weighted by molar-refractivity contribution is 5.83. The Morgan fingerprint density at radius 1 is 1.24 bits per heavy atom. The second-order valence-corrected chi connectivity index (χ2v) is 5.31. The molecule has 0 spiro atoms. The molecule has 1 aromatic carbocycles. The molecule has 0 saturated heterocycles. The van der Waals surface area contributed by atoms with Gasteiger partial charge in [0, 0.05) is 17.1 Å². The summed E-state index contributed by atoms with van der Waals surface area (Å²) >= 11 is 0. The minimum atomic E-state index is -0.783. The number of nitrogens with one attached hydrogen (secondary N) is 1. The SMILES string of the molecule is CN(C)C(c1c[nH]c2ccccc12)C(C)(C)O. The van der Waals surface area contributed by atoms with Crippen LogP contribution in [0.4, 0.5) is 0 Å². The number of aliphatic hydroxyl groups is 1. The summed E-state index contributed by atoms with van der Waals surface area (Å²) in [6, 6.07) is 8.15. The van der Waals surface area contributed by atoms with Gasteiger partial charge in [0.1, 0.15) is 0 Å². The van der Waals surface area contributed by atoms with Crippen LogP contribution in [0.5, 0.6) is 0 Å². The lowest BCUT2D eigenvalue weighted by Crippen LogP contribution is -2.38. The lowest BCUT2D eigenvalue weighted by molar-refractivity contribution is -0.00253. The monoisotopic (exact) mass is 232 g/mol. The van der Waals surface area contributed by atoms with Crippen molar-refractivity contribution in [2.24, 2.45) is 0 Å². The maximum Gasteiger partial charge on any atom is 0.0788 e. The second-order valence-electron chi connectivity index (χ2n) is 5.31. The van der Waals surface area contributed by atoms with Gasteiger partial charge in [0.15, 0.2) is 0 Å². The van der Waals surface area contributed by atoms with Gasteiger partial charge in [-0.1, -0.05) is 18.2 Å². The average molecular weight is 232 g/mol. The largest absolute Gasteiger partial charge is 0.388 e. The Bertz CT molecular complexity index is 508. The molecule has 92 valence electrons. The third kappa shape index (κ3) is 2.21. The predicted octanol–water partition coefficient (Wildman–Crippen LogP) is 2.54. The molecular weight excluding hydrogens is 212 g/mol. The van der Waals surface area contributed by atoms with Crippen LogP contribution in [0, 0.1) is 0 Å². The Labute approximate surface area is 102 Å². The molecule has 0 saturated carbocycles. The standard InChI is InChI=1S/C14H20N2O/c1-14(2,17)13(16(3)4)11-9-15-12-8-6-5-7-10(11)12/h5-9,13,15,17H,1-4H3. The number of nitrogens with zero attached hydrogens (tertiary/aromatic N) is 1. The Morgan fingerprint density at radius 2 is 1.88 bits per heavy atom. The van der Waals surface area contributed by atoms with Crippen LogP contribution in [-0.4, -0.2) is 34.7 Å². The number of fused-ring (bicyclic) bond motifs is 1. The Kier molecular flexibility index (Phi) is 2.98. The van der Waals surface area contributed by atoms with Crippen LogP contribution >= 0.6 is 0 Å². The van der Waals surface area contributed by atoms with Crippen molar-refractivity contribution >= 4 is 10.9 Å². The number of hydrogen-bond acceptors (Lipinski definition) is 2. The minimum absolute atomic E-state index is 0.0290. The molecule has 0 bridgehead atoms. The average Bonchev–Trinajstić information content (AvgIpc) is 2.60. The molecule has 1 atom stereocenters. The molecule has 0 fully saturated rings. The number of benzene rings is 1. The third-order valence-corrected chi connectivity index (χ3v) is 3.10. The van der Waals surface area contributed by atoms with Crippen LogP contribution in [0.15, 0.2) is 30.5 Å². The van der Waals surface area contributed by atoms with Gasteiger partial charge in [-0.3, -0.25) is 4.90 Å². The van der Waals surface area contributed by atoms with E-state index in [1.807, 2.05) is 46.3 Å². The van der Waals surface area contributed by atoms with Crippen molar-refractivity contribution in [1.29, 1.82) is 0 Å². The van der Waals surface area contributed by atoms with Crippen molar-refractivity contribution in [2.75, 3.05) is 14.1 Å². The van der Waals surface area contributed by atoms with Gasteiger partial charge in [0.2, 0.25) is 0 Å². The van der Waals surface area contributed by atoms with Crippen LogP contribution in [-0.2, 0) is 0 Å². The summed E-state index contributed by atoms with van der Waals surface area (Å²) in [6.07, 6.45) is 1.99. The highest BCUT2D eigenvalue weighted by Gasteiger charge is 2.31. The zero-order valence-electron chi connectivity index (χ0n) is 10.9. The quantitative estimate of drug-likeness (QED) is 0.853. The van der Waals surface area contributed by atoms with Crippen LogP contribution in [0.3, 0.4) is 0 Å². The fraction of sp³-hybridized carbons (Fsp3) is 0.429.